The van der Waals surface area contributed by atoms with Crippen molar-refractivity contribution in [2.24, 2.45) is 0 Å². The van der Waals surface area contributed by atoms with Crippen LogP contribution < -0.4 is 0 Å². The van der Waals surface area contributed by atoms with Gasteiger partial charge in [-0.25, -0.2) is 8.42 Å². The number of aliphatic hydroxyl groups is 1. The van der Waals surface area contributed by atoms with E-state index in [0.29, 0.717) is 12.8 Å². The van der Waals surface area contributed by atoms with E-state index in [0.717, 1.165) is 16.9 Å². The van der Waals surface area contributed by atoms with E-state index in [4.69, 9.17) is 0 Å². The first-order valence-corrected chi connectivity index (χ1v) is 8.15. The molecule has 0 amide bonds. The number of aryl methyl sites for hydroxylation is 1. The van der Waals surface area contributed by atoms with Gasteiger partial charge in [-0.1, -0.05) is 0 Å². The van der Waals surface area contributed by atoms with Gasteiger partial charge in [-0.3, -0.25) is 0 Å². The molecule has 16 heavy (non-hydrogen) atoms. The normalized spacial score (nSPS) is 30.8. The maximum Gasteiger partial charge on any atom is 0.153 e. The summed E-state index contributed by atoms with van der Waals surface area (Å²) in [6.45, 7) is 1.92. The Balaban J connectivity index is 2.49. The van der Waals surface area contributed by atoms with Gasteiger partial charge in [0, 0.05) is 11.1 Å². The predicted molar refractivity (Wildman–Crippen MR) is 65.4 cm³/mol. The molecule has 2 unspecified atom stereocenters. The molecule has 2 atom stereocenters. The largest absolute Gasteiger partial charge is 0.383 e. The molecule has 1 aliphatic carbocycles. The predicted octanol–water partition coefficient (Wildman–Crippen LogP) is 1.84. The first-order chi connectivity index (χ1) is 7.36. The van der Waals surface area contributed by atoms with Crippen molar-refractivity contribution in [2.45, 2.75) is 37.0 Å². The van der Waals surface area contributed by atoms with Crippen molar-refractivity contribution in [2.75, 3.05) is 6.26 Å². The van der Waals surface area contributed by atoms with E-state index in [9.17, 15) is 13.5 Å². The van der Waals surface area contributed by atoms with E-state index in [1.54, 1.807) is 0 Å². The molecule has 1 fully saturated rings. The summed E-state index contributed by atoms with van der Waals surface area (Å²) in [5.41, 5.74) is -0.172. The minimum absolute atomic E-state index is 0.548. The van der Waals surface area contributed by atoms with E-state index in [1.165, 1.54) is 17.6 Å². The lowest BCUT2D eigenvalue weighted by molar-refractivity contribution is 0.0509. The van der Waals surface area contributed by atoms with Crippen LogP contribution in [0.3, 0.4) is 0 Å². The minimum Gasteiger partial charge on any atom is -0.383 e. The summed E-state index contributed by atoms with van der Waals surface area (Å²) < 4.78 is 23.4. The molecule has 3 nitrogen and oxygen atoms in total. The van der Waals surface area contributed by atoms with Gasteiger partial charge < -0.3 is 5.11 Å². The molecule has 0 radical (unpaired) electrons. The summed E-state index contributed by atoms with van der Waals surface area (Å²) in [6.07, 6.45) is 3.10. The molecule has 90 valence electrons. The van der Waals surface area contributed by atoms with Gasteiger partial charge in [0.15, 0.2) is 9.84 Å². The summed E-state index contributed by atoms with van der Waals surface area (Å²) in [5, 5.41) is 11.9. The van der Waals surface area contributed by atoms with E-state index in [-0.39, 0.29) is 0 Å². The summed E-state index contributed by atoms with van der Waals surface area (Å²) in [5.74, 6) is 0. The van der Waals surface area contributed by atoms with Gasteiger partial charge in [0.25, 0.3) is 0 Å². The fraction of sp³-hybridized carbons (Fsp3) is 0.636. The highest BCUT2D eigenvalue weighted by Gasteiger charge is 2.49. The molecule has 0 bridgehead atoms. The van der Waals surface area contributed by atoms with Crippen LogP contribution in [-0.4, -0.2) is 25.0 Å². The van der Waals surface area contributed by atoms with E-state index in [1.807, 2.05) is 18.4 Å². The Hall–Kier alpha value is -0.390. The maximum atomic E-state index is 11.7. The molecule has 1 N–H and O–H groups in total. The molecule has 0 aromatic carbocycles. The zero-order valence-corrected chi connectivity index (χ0v) is 11.1. The third kappa shape index (κ3) is 1.81. The van der Waals surface area contributed by atoms with Gasteiger partial charge in [0.05, 0.1) is 5.25 Å². The average Bonchev–Trinajstić information content (AvgIpc) is 2.70. The van der Waals surface area contributed by atoms with Gasteiger partial charge in [-0.2, -0.15) is 0 Å². The van der Waals surface area contributed by atoms with Crippen LogP contribution in [-0.2, 0) is 15.4 Å². The Labute approximate surface area is 100 Å². The van der Waals surface area contributed by atoms with E-state index >= 15 is 0 Å². The summed E-state index contributed by atoms with van der Waals surface area (Å²) >= 11 is 1.45. The molecule has 1 saturated carbocycles. The van der Waals surface area contributed by atoms with Crippen LogP contribution in [0, 0.1) is 6.92 Å². The zero-order valence-electron chi connectivity index (χ0n) is 9.43. The first-order valence-electron chi connectivity index (χ1n) is 5.31. The maximum absolute atomic E-state index is 11.7. The average molecular weight is 260 g/mol. The third-order valence-electron chi connectivity index (χ3n) is 3.33. The lowest BCUT2D eigenvalue weighted by Crippen LogP contribution is -2.39. The van der Waals surface area contributed by atoms with Crippen molar-refractivity contribution < 1.29 is 13.5 Å². The highest BCUT2D eigenvalue weighted by atomic mass is 32.2. The van der Waals surface area contributed by atoms with Crippen molar-refractivity contribution >= 4 is 21.2 Å². The summed E-state index contributed by atoms with van der Waals surface area (Å²) in [6, 6.07) is 1.93. The number of sulfone groups is 1. The molecular formula is C11H16O3S2. The Morgan fingerprint density at radius 1 is 1.56 bits per heavy atom. The van der Waals surface area contributed by atoms with Crippen LogP contribution in [0.1, 0.15) is 29.7 Å². The van der Waals surface area contributed by atoms with Crippen molar-refractivity contribution in [1.29, 1.82) is 0 Å². The molecule has 1 aromatic heterocycles. The van der Waals surface area contributed by atoms with Crippen LogP contribution in [0.5, 0.6) is 0 Å². The smallest absolute Gasteiger partial charge is 0.153 e. The lowest BCUT2D eigenvalue weighted by atomic mass is 9.97. The van der Waals surface area contributed by atoms with Gasteiger partial charge in [-0.05, 0) is 43.2 Å². The summed E-state index contributed by atoms with van der Waals surface area (Å²) in [7, 11) is -3.20. The number of thiophene rings is 1. The van der Waals surface area contributed by atoms with Crippen LogP contribution in [0.25, 0.3) is 0 Å². The SMILES string of the molecule is Cc1ccsc1C1(O)CCCC1S(C)(=O)=O. The summed E-state index contributed by atoms with van der Waals surface area (Å²) in [4.78, 5) is 0.820. The molecule has 0 aliphatic heterocycles. The van der Waals surface area contributed by atoms with Crippen LogP contribution >= 0.6 is 11.3 Å². The zero-order chi connectivity index (χ0) is 12.0. The van der Waals surface area contributed by atoms with Crippen molar-refractivity contribution in [1.82, 2.24) is 0 Å². The van der Waals surface area contributed by atoms with Crippen molar-refractivity contribution in [3.8, 4) is 0 Å². The molecular weight excluding hydrogens is 244 g/mol. The van der Waals surface area contributed by atoms with Crippen molar-refractivity contribution in [3.05, 3.63) is 21.9 Å². The fourth-order valence-corrected chi connectivity index (χ4v) is 5.32. The van der Waals surface area contributed by atoms with Gasteiger partial charge in [-0.15, -0.1) is 11.3 Å². The minimum atomic E-state index is -3.20. The Morgan fingerprint density at radius 3 is 2.75 bits per heavy atom. The number of hydrogen-bond donors (Lipinski definition) is 1. The van der Waals surface area contributed by atoms with Gasteiger partial charge in [0.2, 0.25) is 0 Å². The second kappa shape index (κ2) is 3.82. The number of hydrogen-bond acceptors (Lipinski definition) is 4. The van der Waals surface area contributed by atoms with Crippen LogP contribution in [0.15, 0.2) is 11.4 Å². The molecule has 5 heteroatoms. The molecule has 0 saturated heterocycles. The van der Waals surface area contributed by atoms with Crippen molar-refractivity contribution in [3.63, 3.8) is 0 Å². The quantitative estimate of drug-likeness (QED) is 0.883. The van der Waals surface area contributed by atoms with Gasteiger partial charge >= 0.3 is 0 Å². The molecule has 2 rings (SSSR count). The van der Waals surface area contributed by atoms with E-state index < -0.39 is 20.7 Å². The highest BCUT2D eigenvalue weighted by Crippen LogP contribution is 2.45. The molecule has 1 aromatic rings. The van der Waals surface area contributed by atoms with E-state index in [2.05, 4.69) is 0 Å². The first kappa shape index (κ1) is 12.1. The molecule has 1 aliphatic rings. The topological polar surface area (TPSA) is 54.4 Å². The Bertz CT molecular complexity index is 489. The van der Waals surface area contributed by atoms with Gasteiger partial charge in [0.1, 0.15) is 5.60 Å². The second-order valence-corrected chi connectivity index (χ2v) is 7.71. The Morgan fingerprint density at radius 2 is 2.25 bits per heavy atom. The monoisotopic (exact) mass is 260 g/mol. The molecule has 1 heterocycles. The standard InChI is InChI=1S/C11H16O3S2/c1-8-5-7-15-10(8)11(12)6-3-4-9(11)16(2,13)14/h5,7,9,12H,3-4,6H2,1-2H3. The highest BCUT2D eigenvalue weighted by molar-refractivity contribution is 7.91. The number of rotatable bonds is 2. The third-order valence-corrected chi connectivity index (χ3v) is 6.17. The second-order valence-electron chi connectivity index (χ2n) is 4.57. The Kier molecular flexibility index (Phi) is 2.88. The molecule has 0 spiro atoms. The fourth-order valence-electron chi connectivity index (χ4n) is 2.60. The van der Waals surface area contributed by atoms with Crippen LogP contribution in [0.2, 0.25) is 0 Å². The lowest BCUT2D eigenvalue weighted by Gasteiger charge is -2.28. The van der Waals surface area contributed by atoms with Crippen LogP contribution in [0.4, 0.5) is 0 Å².